The van der Waals surface area contributed by atoms with Gasteiger partial charge in [-0.1, -0.05) is 17.7 Å². The van der Waals surface area contributed by atoms with Crippen LogP contribution < -0.4 is 0 Å². The van der Waals surface area contributed by atoms with Crippen molar-refractivity contribution < 1.29 is 9.90 Å². The smallest absolute Gasteiger partial charge is 0.320 e. The minimum absolute atomic E-state index is 0.470. The van der Waals surface area contributed by atoms with Gasteiger partial charge in [0.05, 0.1) is 0 Å². The van der Waals surface area contributed by atoms with Crippen LogP contribution in [0, 0.1) is 0 Å². The molecule has 4 heteroatoms. The molecule has 1 N–H and O–H groups in total. The molecule has 0 radical (unpaired) electrons. The summed E-state index contributed by atoms with van der Waals surface area (Å²) in [5.41, 5.74) is 1.38. The number of carbonyl (C=O) groups is 1. The molecule has 11 heavy (non-hydrogen) atoms. The first kappa shape index (κ1) is 10.5. The third-order valence-corrected chi connectivity index (χ3v) is 1.68. The van der Waals surface area contributed by atoms with Crippen molar-refractivity contribution in [2.45, 2.75) is 13.0 Å². The maximum Gasteiger partial charge on any atom is 0.320 e. The molecule has 0 saturated carbocycles. The lowest BCUT2D eigenvalue weighted by molar-refractivity contribution is -0.141. The zero-order valence-electron chi connectivity index (χ0n) is 6.62. The van der Waals surface area contributed by atoms with Crippen molar-refractivity contribution in [1.82, 2.24) is 4.90 Å². The highest BCUT2D eigenvalue weighted by Gasteiger charge is 2.14. The van der Waals surface area contributed by atoms with Gasteiger partial charge in [-0.3, -0.25) is 9.69 Å². The summed E-state index contributed by atoms with van der Waals surface area (Å²) >= 11 is 5.28. The van der Waals surface area contributed by atoms with Crippen molar-refractivity contribution in [3.8, 4) is 0 Å². The Labute approximate surface area is 71.3 Å². The van der Waals surface area contributed by atoms with Gasteiger partial charge < -0.3 is 5.11 Å². The predicted octanol–water partition coefficient (Wildman–Crippen LogP) is 1.14. The maximum absolute atomic E-state index is 10.4. The lowest BCUT2D eigenvalue weighted by atomic mass is 10.3. The minimum Gasteiger partial charge on any atom is -0.480 e. The normalized spacial score (nSPS) is 14.2. The molecule has 0 aromatic heterocycles. The van der Waals surface area contributed by atoms with Crippen molar-refractivity contribution in [3.63, 3.8) is 0 Å². The summed E-state index contributed by atoms with van der Waals surface area (Å²) in [6, 6.07) is -0.470. The van der Waals surface area contributed by atoms with E-state index in [2.05, 4.69) is 0 Å². The second-order valence-corrected chi connectivity index (χ2v) is 2.57. The highest BCUT2D eigenvalue weighted by atomic mass is 35.5. The van der Waals surface area contributed by atoms with Gasteiger partial charge in [0.15, 0.2) is 0 Å². The summed E-state index contributed by atoms with van der Waals surface area (Å²) in [5.74, 6) is -0.824. The zero-order valence-corrected chi connectivity index (χ0v) is 7.38. The molecule has 0 aromatic carbocycles. The highest BCUT2D eigenvalue weighted by Crippen LogP contribution is 1.95. The van der Waals surface area contributed by atoms with Gasteiger partial charge in [-0.25, -0.2) is 0 Å². The lowest BCUT2D eigenvalue weighted by Gasteiger charge is -2.18. The van der Waals surface area contributed by atoms with Gasteiger partial charge in [-0.05, 0) is 14.0 Å². The molecule has 0 fully saturated rings. The third kappa shape index (κ3) is 4.01. The van der Waals surface area contributed by atoms with E-state index < -0.39 is 12.0 Å². The Morgan fingerprint density at radius 2 is 2.36 bits per heavy atom. The standard InChI is InChI=1S/C7H12ClNO2/c1-6(7(10)11)9(2)5-3-4-8/h3-4,6H,5H2,1-2H3,(H,10,11)/b4-3+. The van der Waals surface area contributed by atoms with E-state index in [9.17, 15) is 4.79 Å². The Balaban J connectivity index is 3.82. The first-order valence-corrected chi connectivity index (χ1v) is 3.71. The van der Waals surface area contributed by atoms with Crippen LogP contribution in [0.5, 0.6) is 0 Å². The van der Waals surface area contributed by atoms with Crippen LogP contribution in [0.15, 0.2) is 11.6 Å². The first-order chi connectivity index (χ1) is 5.09. The van der Waals surface area contributed by atoms with Crippen LogP contribution in [0.25, 0.3) is 0 Å². The predicted molar refractivity (Wildman–Crippen MR) is 44.7 cm³/mol. The Morgan fingerprint density at radius 1 is 1.82 bits per heavy atom. The number of nitrogens with zero attached hydrogens (tertiary/aromatic N) is 1. The van der Waals surface area contributed by atoms with Crippen LogP contribution in [-0.4, -0.2) is 35.6 Å². The molecule has 0 heterocycles. The van der Waals surface area contributed by atoms with Crippen LogP contribution in [0.4, 0.5) is 0 Å². The van der Waals surface area contributed by atoms with E-state index in [0.717, 1.165) is 0 Å². The summed E-state index contributed by atoms with van der Waals surface area (Å²) in [6.07, 6.45) is 1.70. The van der Waals surface area contributed by atoms with Crippen LogP contribution >= 0.6 is 11.6 Å². The number of hydrogen-bond donors (Lipinski definition) is 1. The summed E-state index contributed by atoms with van der Waals surface area (Å²) in [7, 11) is 1.73. The third-order valence-electron chi connectivity index (χ3n) is 1.50. The van der Waals surface area contributed by atoms with E-state index in [0.29, 0.717) is 6.54 Å². The molecule has 0 aliphatic heterocycles. The average molecular weight is 178 g/mol. The maximum atomic E-state index is 10.4. The van der Waals surface area contributed by atoms with Gasteiger partial charge in [-0.2, -0.15) is 0 Å². The zero-order chi connectivity index (χ0) is 8.85. The molecule has 64 valence electrons. The lowest BCUT2D eigenvalue weighted by Crippen LogP contribution is -2.35. The Hall–Kier alpha value is -0.540. The van der Waals surface area contributed by atoms with Gasteiger partial charge in [0.2, 0.25) is 0 Å². The Morgan fingerprint density at radius 3 is 2.73 bits per heavy atom. The van der Waals surface area contributed by atoms with Gasteiger partial charge in [0.25, 0.3) is 0 Å². The number of likely N-dealkylation sites (N-methyl/N-ethyl adjacent to an activating group) is 1. The van der Waals surface area contributed by atoms with Gasteiger partial charge in [0.1, 0.15) is 6.04 Å². The van der Waals surface area contributed by atoms with E-state index in [1.165, 1.54) is 5.54 Å². The van der Waals surface area contributed by atoms with E-state index in [-0.39, 0.29) is 0 Å². The molecule has 1 unspecified atom stereocenters. The molecule has 0 amide bonds. The molecule has 0 rings (SSSR count). The van der Waals surface area contributed by atoms with Crippen LogP contribution in [0.1, 0.15) is 6.92 Å². The molecule has 0 spiro atoms. The van der Waals surface area contributed by atoms with Crippen molar-refractivity contribution in [2.75, 3.05) is 13.6 Å². The van der Waals surface area contributed by atoms with E-state index >= 15 is 0 Å². The fourth-order valence-corrected chi connectivity index (χ4v) is 0.632. The molecule has 0 aliphatic carbocycles. The number of carboxylic acid groups (broad SMARTS) is 1. The molecule has 0 aliphatic rings. The highest BCUT2D eigenvalue weighted by molar-refractivity contribution is 6.25. The summed E-state index contributed by atoms with van der Waals surface area (Å²) in [6.45, 7) is 2.18. The van der Waals surface area contributed by atoms with Crippen molar-refractivity contribution in [3.05, 3.63) is 11.6 Å². The van der Waals surface area contributed by atoms with Crippen molar-refractivity contribution >= 4 is 17.6 Å². The summed E-state index contributed by atoms with van der Waals surface area (Å²) in [5, 5.41) is 8.55. The fraction of sp³-hybridized carbons (Fsp3) is 0.571. The number of aliphatic carboxylic acids is 1. The average Bonchev–Trinajstić information content (AvgIpc) is 1.98. The monoisotopic (exact) mass is 177 g/mol. The molecular formula is C7H12ClNO2. The largest absolute Gasteiger partial charge is 0.480 e. The minimum atomic E-state index is -0.824. The molecule has 1 atom stereocenters. The van der Waals surface area contributed by atoms with Crippen LogP contribution in [-0.2, 0) is 4.79 Å². The molecule has 0 bridgehead atoms. The number of carboxylic acids is 1. The summed E-state index contributed by atoms with van der Waals surface area (Å²) < 4.78 is 0. The molecule has 0 saturated heterocycles. The molecule has 0 aromatic rings. The van der Waals surface area contributed by atoms with Crippen molar-refractivity contribution in [2.24, 2.45) is 0 Å². The van der Waals surface area contributed by atoms with Gasteiger partial charge >= 0.3 is 5.97 Å². The Bertz CT molecular complexity index is 159. The van der Waals surface area contributed by atoms with Crippen molar-refractivity contribution in [1.29, 1.82) is 0 Å². The van der Waals surface area contributed by atoms with Gasteiger partial charge in [-0.15, -0.1) is 0 Å². The van der Waals surface area contributed by atoms with Gasteiger partial charge in [0, 0.05) is 12.1 Å². The number of halogens is 1. The van der Waals surface area contributed by atoms with Crippen LogP contribution in [0.3, 0.4) is 0 Å². The van der Waals surface area contributed by atoms with E-state index in [1.807, 2.05) is 0 Å². The number of hydrogen-bond acceptors (Lipinski definition) is 2. The first-order valence-electron chi connectivity index (χ1n) is 3.28. The Kier molecular flexibility index (Phi) is 4.90. The SMILES string of the molecule is CC(C(=O)O)N(C)C/C=C/Cl. The van der Waals surface area contributed by atoms with E-state index in [4.69, 9.17) is 16.7 Å². The van der Waals surface area contributed by atoms with E-state index in [1.54, 1.807) is 24.9 Å². The van der Waals surface area contributed by atoms with Crippen LogP contribution in [0.2, 0.25) is 0 Å². The molecule has 3 nitrogen and oxygen atoms in total. The second-order valence-electron chi connectivity index (χ2n) is 2.32. The number of rotatable bonds is 4. The second kappa shape index (κ2) is 5.16. The topological polar surface area (TPSA) is 40.5 Å². The molecular weight excluding hydrogens is 166 g/mol. The fourth-order valence-electron chi connectivity index (χ4n) is 0.553. The summed E-state index contributed by atoms with van der Waals surface area (Å²) in [4.78, 5) is 12.1. The quantitative estimate of drug-likeness (QED) is 0.700.